The van der Waals surface area contributed by atoms with Crippen molar-refractivity contribution in [3.05, 3.63) is 35.4 Å². The fourth-order valence-corrected chi connectivity index (χ4v) is 1.85. The van der Waals surface area contributed by atoms with Crippen LogP contribution >= 0.6 is 0 Å². The highest BCUT2D eigenvalue weighted by Crippen LogP contribution is 2.13. The number of nitrogens with one attached hydrogen (secondary N) is 1. The first-order valence-corrected chi connectivity index (χ1v) is 6.26. The second-order valence-corrected chi connectivity index (χ2v) is 4.73. The van der Waals surface area contributed by atoms with Crippen molar-refractivity contribution >= 4 is 0 Å². The van der Waals surface area contributed by atoms with Crippen LogP contribution in [-0.4, -0.2) is 19.3 Å². The van der Waals surface area contributed by atoms with Crippen molar-refractivity contribution in [2.75, 3.05) is 13.1 Å². The Kier molecular flexibility index (Phi) is 5.66. The molecule has 1 aromatic rings. The number of aryl methyl sites for hydroxylation is 1. The summed E-state index contributed by atoms with van der Waals surface area (Å²) in [4.78, 5) is 0. The van der Waals surface area contributed by atoms with Gasteiger partial charge in [-0.05, 0) is 36.4 Å². The van der Waals surface area contributed by atoms with Crippen molar-refractivity contribution in [2.45, 2.75) is 32.9 Å². The molecule has 0 amide bonds. The Labute approximate surface area is 106 Å². The Hall–Kier alpha value is -1.03. The minimum absolute atomic E-state index is 0.194. The molecule has 1 unspecified atom stereocenters. The number of rotatable bonds is 6. The summed E-state index contributed by atoms with van der Waals surface area (Å²) in [5.41, 5.74) is 2.45. The Morgan fingerprint density at radius 2 is 1.67 bits per heavy atom. The molecule has 0 aliphatic heterocycles. The quantitative estimate of drug-likeness (QED) is 0.823. The maximum absolute atomic E-state index is 12.0. The molecule has 0 saturated heterocycles. The van der Waals surface area contributed by atoms with E-state index in [0.29, 0.717) is 6.54 Å². The van der Waals surface area contributed by atoms with Gasteiger partial charge in [-0.25, -0.2) is 0 Å². The molecule has 0 aromatic heterocycles. The van der Waals surface area contributed by atoms with E-state index < -0.39 is 12.7 Å². The molecule has 1 rings (SSSR count). The summed E-state index contributed by atoms with van der Waals surface area (Å²) in [6.45, 7) is 3.52. The van der Waals surface area contributed by atoms with Crippen LogP contribution in [0.1, 0.15) is 25.0 Å². The second-order valence-electron chi connectivity index (χ2n) is 4.73. The van der Waals surface area contributed by atoms with Gasteiger partial charge in [0.1, 0.15) is 0 Å². The molecule has 0 bridgehead atoms. The van der Waals surface area contributed by atoms with Crippen molar-refractivity contribution in [3.63, 3.8) is 0 Å². The van der Waals surface area contributed by atoms with Crippen molar-refractivity contribution in [3.8, 4) is 0 Å². The third-order valence-electron chi connectivity index (χ3n) is 2.83. The zero-order valence-corrected chi connectivity index (χ0v) is 10.8. The molecule has 0 fully saturated rings. The average Bonchev–Trinajstić information content (AvgIpc) is 2.28. The molecule has 1 nitrogen and oxygen atoms in total. The maximum atomic E-state index is 12.0. The molecule has 1 aromatic carbocycles. The number of alkyl halides is 3. The van der Waals surface area contributed by atoms with Gasteiger partial charge in [0.05, 0.1) is 6.54 Å². The molecule has 0 aliphatic carbocycles. The number of hydrogen-bond donors (Lipinski definition) is 1. The molecule has 0 radical (unpaired) electrons. The summed E-state index contributed by atoms with van der Waals surface area (Å²) in [6.07, 6.45) is -2.32. The zero-order chi connectivity index (χ0) is 13.6. The van der Waals surface area contributed by atoms with E-state index in [1.54, 1.807) is 0 Å². The van der Waals surface area contributed by atoms with E-state index in [1.165, 1.54) is 11.1 Å². The minimum atomic E-state index is -4.12. The van der Waals surface area contributed by atoms with E-state index in [1.807, 2.05) is 6.92 Å². The molecule has 0 heterocycles. The van der Waals surface area contributed by atoms with Gasteiger partial charge >= 0.3 is 6.18 Å². The van der Waals surface area contributed by atoms with Gasteiger partial charge < -0.3 is 5.32 Å². The minimum Gasteiger partial charge on any atom is -0.308 e. The van der Waals surface area contributed by atoms with Gasteiger partial charge in [-0.15, -0.1) is 0 Å². The summed E-state index contributed by atoms with van der Waals surface area (Å²) >= 11 is 0. The van der Waals surface area contributed by atoms with Gasteiger partial charge in [-0.2, -0.15) is 13.2 Å². The van der Waals surface area contributed by atoms with Crippen molar-refractivity contribution in [1.82, 2.24) is 5.32 Å². The first-order chi connectivity index (χ1) is 8.40. The van der Waals surface area contributed by atoms with E-state index in [9.17, 15) is 13.2 Å². The Balaban J connectivity index is 2.32. The van der Waals surface area contributed by atoms with Crippen LogP contribution in [0.3, 0.4) is 0 Å². The topological polar surface area (TPSA) is 12.0 Å². The molecule has 0 aliphatic rings. The fourth-order valence-electron chi connectivity index (χ4n) is 1.85. The largest absolute Gasteiger partial charge is 0.401 e. The molecule has 0 spiro atoms. The molecular weight excluding hydrogens is 239 g/mol. The molecular formula is C14H20F3N. The summed E-state index contributed by atoms with van der Waals surface area (Å²) in [5.74, 6) is 0.194. The smallest absolute Gasteiger partial charge is 0.308 e. The van der Waals surface area contributed by atoms with Crippen LogP contribution in [0.15, 0.2) is 24.3 Å². The third kappa shape index (κ3) is 6.05. The van der Waals surface area contributed by atoms with E-state index in [4.69, 9.17) is 0 Å². The second kappa shape index (κ2) is 6.78. The van der Waals surface area contributed by atoms with Crippen LogP contribution in [0, 0.1) is 5.92 Å². The van der Waals surface area contributed by atoms with Crippen LogP contribution in [0.4, 0.5) is 13.2 Å². The Morgan fingerprint density at radius 3 is 2.17 bits per heavy atom. The fraction of sp³-hybridized carbons (Fsp3) is 0.571. The van der Waals surface area contributed by atoms with Crippen molar-refractivity contribution < 1.29 is 13.2 Å². The monoisotopic (exact) mass is 259 g/mol. The number of hydrogen-bond acceptors (Lipinski definition) is 1. The predicted molar refractivity (Wildman–Crippen MR) is 67.6 cm³/mol. The zero-order valence-electron chi connectivity index (χ0n) is 10.8. The van der Waals surface area contributed by atoms with Crippen LogP contribution in [0.25, 0.3) is 0 Å². The van der Waals surface area contributed by atoms with E-state index >= 15 is 0 Å². The number of benzene rings is 1. The first kappa shape index (κ1) is 15.0. The van der Waals surface area contributed by atoms with Gasteiger partial charge in [0, 0.05) is 0 Å². The standard InChI is InChI=1S/C14H20F3N/c1-3-12-4-6-13(7-5-12)8-11(2)9-18-10-14(15,16)17/h4-7,11,18H,3,8-10H2,1-2H3. The predicted octanol–water partition coefficient (Wildman–Crippen LogP) is 3.58. The van der Waals surface area contributed by atoms with Crippen molar-refractivity contribution in [2.24, 2.45) is 5.92 Å². The van der Waals surface area contributed by atoms with Crippen LogP contribution in [0.2, 0.25) is 0 Å². The van der Waals surface area contributed by atoms with E-state index in [0.717, 1.165) is 12.8 Å². The summed E-state index contributed by atoms with van der Waals surface area (Å²) in [6, 6.07) is 8.26. The number of halogens is 3. The SMILES string of the molecule is CCc1ccc(CC(C)CNCC(F)(F)F)cc1. The van der Waals surface area contributed by atoms with E-state index in [-0.39, 0.29) is 5.92 Å². The first-order valence-electron chi connectivity index (χ1n) is 6.26. The average molecular weight is 259 g/mol. The maximum Gasteiger partial charge on any atom is 0.401 e. The molecule has 1 atom stereocenters. The lowest BCUT2D eigenvalue weighted by Crippen LogP contribution is -2.32. The lowest BCUT2D eigenvalue weighted by Gasteiger charge is -2.14. The Morgan fingerprint density at radius 1 is 1.11 bits per heavy atom. The van der Waals surface area contributed by atoms with Gasteiger partial charge in [0.2, 0.25) is 0 Å². The summed E-state index contributed by atoms with van der Waals surface area (Å²) in [7, 11) is 0. The highest BCUT2D eigenvalue weighted by Gasteiger charge is 2.26. The van der Waals surface area contributed by atoms with Gasteiger partial charge in [-0.3, -0.25) is 0 Å². The molecule has 18 heavy (non-hydrogen) atoms. The molecule has 4 heteroatoms. The summed E-state index contributed by atoms with van der Waals surface area (Å²) in [5, 5.41) is 2.44. The molecule has 0 saturated carbocycles. The molecule has 1 N–H and O–H groups in total. The summed E-state index contributed by atoms with van der Waals surface area (Å²) < 4.78 is 35.9. The highest BCUT2D eigenvalue weighted by atomic mass is 19.4. The third-order valence-corrected chi connectivity index (χ3v) is 2.83. The van der Waals surface area contributed by atoms with E-state index in [2.05, 4.69) is 36.5 Å². The van der Waals surface area contributed by atoms with Gasteiger partial charge in [0.25, 0.3) is 0 Å². The normalized spacial score (nSPS) is 13.6. The highest BCUT2D eigenvalue weighted by molar-refractivity contribution is 5.22. The van der Waals surface area contributed by atoms with Crippen LogP contribution in [0.5, 0.6) is 0 Å². The Bertz CT molecular complexity index is 343. The van der Waals surface area contributed by atoms with Gasteiger partial charge in [0.15, 0.2) is 0 Å². The lowest BCUT2D eigenvalue weighted by atomic mass is 9.99. The van der Waals surface area contributed by atoms with Crippen LogP contribution < -0.4 is 5.32 Å². The van der Waals surface area contributed by atoms with Gasteiger partial charge in [-0.1, -0.05) is 38.1 Å². The van der Waals surface area contributed by atoms with Crippen molar-refractivity contribution in [1.29, 1.82) is 0 Å². The lowest BCUT2D eigenvalue weighted by molar-refractivity contribution is -0.125. The molecule has 102 valence electrons. The van der Waals surface area contributed by atoms with Crippen LogP contribution in [-0.2, 0) is 12.8 Å².